The molecule has 120 valence electrons. The average molecular weight is 329 g/mol. The predicted molar refractivity (Wildman–Crippen MR) is 90.6 cm³/mol. The van der Waals surface area contributed by atoms with Crippen LogP contribution >= 0.6 is 11.3 Å². The molecule has 2 aromatic heterocycles. The van der Waals surface area contributed by atoms with Gasteiger partial charge in [0.25, 0.3) is 5.56 Å². The van der Waals surface area contributed by atoms with Crippen LogP contribution in [-0.2, 0) is 13.6 Å². The summed E-state index contributed by atoms with van der Waals surface area (Å²) in [7, 11) is 1.75. The number of anilines is 1. The van der Waals surface area contributed by atoms with Crippen LogP contribution in [-0.4, -0.2) is 28.7 Å². The van der Waals surface area contributed by atoms with E-state index in [0.717, 1.165) is 37.4 Å². The highest BCUT2D eigenvalue weighted by Crippen LogP contribution is 2.17. The van der Waals surface area contributed by atoms with Gasteiger partial charge in [0.1, 0.15) is 6.07 Å². The molecule has 0 spiro atoms. The number of aromatic nitrogens is 2. The van der Waals surface area contributed by atoms with Crippen molar-refractivity contribution < 1.29 is 0 Å². The minimum atomic E-state index is -0.0509. The first kappa shape index (κ1) is 15.7. The van der Waals surface area contributed by atoms with Crippen LogP contribution in [0.4, 0.5) is 5.82 Å². The number of aryl methyl sites for hydroxylation is 1. The monoisotopic (exact) mass is 329 g/mol. The van der Waals surface area contributed by atoms with Gasteiger partial charge in [-0.3, -0.25) is 4.79 Å². The van der Waals surface area contributed by atoms with E-state index in [-0.39, 0.29) is 5.56 Å². The number of nitriles is 1. The van der Waals surface area contributed by atoms with Crippen molar-refractivity contribution in [2.24, 2.45) is 7.05 Å². The van der Waals surface area contributed by atoms with Crippen molar-refractivity contribution in [2.45, 2.75) is 25.4 Å². The highest BCUT2D eigenvalue weighted by molar-refractivity contribution is 7.10. The maximum Gasteiger partial charge on any atom is 0.293 e. The van der Waals surface area contributed by atoms with Gasteiger partial charge in [0.05, 0.1) is 5.56 Å². The van der Waals surface area contributed by atoms with Crippen molar-refractivity contribution in [3.05, 3.63) is 44.6 Å². The molecule has 23 heavy (non-hydrogen) atoms. The Morgan fingerprint density at radius 2 is 2.43 bits per heavy atom. The van der Waals surface area contributed by atoms with Crippen LogP contribution in [0.5, 0.6) is 0 Å². The molecular formula is C16H19N5OS. The molecule has 0 radical (unpaired) electrons. The fraction of sp³-hybridized carbons (Fsp3) is 0.438. The lowest BCUT2D eigenvalue weighted by Crippen LogP contribution is -2.47. The molecule has 1 fully saturated rings. The maximum atomic E-state index is 12.2. The third-order valence-electron chi connectivity index (χ3n) is 4.07. The Labute approximate surface area is 139 Å². The van der Waals surface area contributed by atoms with Crippen LogP contribution in [0.15, 0.2) is 28.6 Å². The van der Waals surface area contributed by atoms with Gasteiger partial charge in [-0.05, 0) is 18.9 Å². The van der Waals surface area contributed by atoms with E-state index in [0.29, 0.717) is 17.4 Å². The average Bonchev–Trinajstić information content (AvgIpc) is 3.04. The fourth-order valence-electron chi connectivity index (χ4n) is 2.81. The summed E-state index contributed by atoms with van der Waals surface area (Å²) in [4.78, 5) is 19.7. The molecule has 3 heterocycles. The zero-order chi connectivity index (χ0) is 16.2. The maximum absolute atomic E-state index is 12.2. The summed E-state index contributed by atoms with van der Waals surface area (Å²) in [6.07, 6.45) is 5.46. The molecule has 1 aliphatic heterocycles. The van der Waals surface area contributed by atoms with Crippen molar-refractivity contribution >= 4 is 17.2 Å². The van der Waals surface area contributed by atoms with Crippen LogP contribution in [0.1, 0.15) is 23.3 Å². The largest absolute Gasteiger partial charge is 0.350 e. The molecular weight excluding hydrogens is 310 g/mol. The lowest BCUT2D eigenvalue weighted by Gasteiger charge is -2.33. The zero-order valence-electron chi connectivity index (χ0n) is 13.0. The van der Waals surface area contributed by atoms with E-state index in [1.54, 1.807) is 35.3 Å². The van der Waals surface area contributed by atoms with E-state index in [1.807, 2.05) is 11.4 Å². The lowest BCUT2D eigenvalue weighted by atomic mass is 10.1. The Hall–Kier alpha value is -2.17. The Kier molecular flexibility index (Phi) is 4.74. The number of rotatable bonds is 4. The minimum absolute atomic E-state index is 0.0509. The summed E-state index contributed by atoms with van der Waals surface area (Å²) >= 11 is 1.60. The van der Waals surface area contributed by atoms with Gasteiger partial charge in [0.15, 0.2) is 5.82 Å². The standard InChI is InChI=1S/C16H19N5OS/c1-20-6-4-18-15(16(20)22)21-5-2-3-13(10-21)19-9-14-7-12(8-17)11-23-14/h4,6-7,11,13,19H,2-3,5,9-10H2,1H3/t13-/m0/s1. The summed E-state index contributed by atoms with van der Waals surface area (Å²) in [5.74, 6) is 0.532. The molecule has 0 aliphatic carbocycles. The molecule has 6 nitrogen and oxygen atoms in total. The number of piperidine rings is 1. The molecule has 1 aliphatic rings. The summed E-state index contributed by atoms with van der Waals surface area (Å²) in [5.41, 5.74) is 0.666. The third kappa shape index (κ3) is 3.60. The summed E-state index contributed by atoms with van der Waals surface area (Å²) in [6.45, 7) is 2.40. The van der Waals surface area contributed by atoms with E-state index in [9.17, 15) is 4.79 Å². The zero-order valence-corrected chi connectivity index (χ0v) is 13.8. The van der Waals surface area contributed by atoms with Gasteiger partial charge < -0.3 is 14.8 Å². The summed E-state index contributed by atoms with van der Waals surface area (Å²) in [5, 5.41) is 14.3. The molecule has 1 N–H and O–H groups in total. The lowest BCUT2D eigenvalue weighted by molar-refractivity contribution is 0.420. The topological polar surface area (TPSA) is 74.0 Å². The quantitative estimate of drug-likeness (QED) is 0.919. The molecule has 0 bridgehead atoms. The van der Waals surface area contributed by atoms with Crippen LogP contribution in [0, 0.1) is 11.3 Å². The number of thiophene rings is 1. The molecule has 1 saturated heterocycles. The van der Waals surface area contributed by atoms with Gasteiger partial charge in [-0.2, -0.15) is 5.26 Å². The number of nitrogens with zero attached hydrogens (tertiary/aromatic N) is 4. The van der Waals surface area contributed by atoms with Gasteiger partial charge >= 0.3 is 0 Å². The van der Waals surface area contributed by atoms with Crippen LogP contribution in [0.3, 0.4) is 0 Å². The Morgan fingerprint density at radius 1 is 1.57 bits per heavy atom. The van der Waals surface area contributed by atoms with Crippen LogP contribution in [0.2, 0.25) is 0 Å². The molecule has 0 saturated carbocycles. The molecule has 2 aromatic rings. The first-order valence-corrected chi connectivity index (χ1v) is 8.53. The van der Waals surface area contributed by atoms with Gasteiger partial charge in [0, 0.05) is 55.4 Å². The van der Waals surface area contributed by atoms with Gasteiger partial charge in [-0.1, -0.05) is 0 Å². The first-order valence-electron chi connectivity index (χ1n) is 7.65. The minimum Gasteiger partial charge on any atom is -0.350 e. The van der Waals surface area contributed by atoms with E-state index in [1.165, 1.54) is 0 Å². The second-order valence-corrected chi connectivity index (χ2v) is 6.74. The SMILES string of the molecule is Cn1ccnc(N2CCC[C@H](NCc3cc(C#N)cs3)C2)c1=O. The Bertz CT molecular complexity index is 775. The smallest absolute Gasteiger partial charge is 0.293 e. The number of nitrogens with one attached hydrogen (secondary N) is 1. The summed E-state index contributed by atoms with van der Waals surface area (Å²) in [6, 6.07) is 4.40. The van der Waals surface area contributed by atoms with Crippen molar-refractivity contribution in [3.63, 3.8) is 0 Å². The first-order chi connectivity index (χ1) is 11.2. The van der Waals surface area contributed by atoms with E-state index in [2.05, 4.69) is 21.3 Å². The predicted octanol–water partition coefficient (Wildman–Crippen LogP) is 1.47. The Balaban J connectivity index is 1.63. The molecule has 0 aromatic carbocycles. The fourth-order valence-corrected chi connectivity index (χ4v) is 3.58. The van der Waals surface area contributed by atoms with Crippen LogP contribution in [0.25, 0.3) is 0 Å². The van der Waals surface area contributed by atoms with Crippen LogP contribution < -0.4 is 15.8 Å². The van der Waals surface area contributed by atoms with Gasteiger partial charge in [0.2, 0.25) is 0 Å². The van der Waals surface area contributed by atoms with E-state index >= 15 is 0 Å². The van der Waals surface area contributed by atoms with Crippen molar-refractivity contribution in [1.82, 2.24) is 14.9 Å². The number of hydrogen-bond donors (Lipinski definition) is 1. The molecule has 0 unspecified atom stereocenters. The third-order valence-corrected chi connectivity index (χ3v) is 5.00. The molecule has 7 heteroatoms. The van der Waals surface area contributed by atoms with Gasteiger partial charge in [-0.25, -0.2) is 4.98 Å². The van der Waals surface area contributed by atoms with Crippen molar-refractivity contribution in [1.29, 1.82) is 5.26 Å². The molecule has 3 rings (SSSR count). The highest BCUT2D eigenvalue weighted by atomic mass is 32.1. The summed E-state index contributed by atoms with van der Waals surface area (Å²) < 4.78 is 1.56. The van der Waals surface area contributed by atoms with E-state index < -0.39 is 0 Å². The van der Waals surface area contributed by atoms with Gasteiger partial charge in [-0.15, -0.1) is 11.3 Å². The van der Waals surface area contributed by atoms with E-state index in [4.69, 9.17) is 5.26 Å². The highest BCUT2D eigenvalue weighted by Gasteiger charge is 2.22. The molecule has 1 atom stereocenters. The second-order valence-electron chi connectivity index (χ2n) is 5.75. The second kappa shape index (κ2) is 6.94. The van der Waals surface area contributed by atoms with Crippen molar-refractivity contribution in [2.75, 3.05) is 18.0 Å². The number of hydrogen-bond acceptors (Lipinski definition) is 6. The molecule has 0 amide bonds. The normalized spacial score (nSPS) is 17.9. The Morgan fingerprint density at radius 3 is 3.22 bits per heavy atom. The van der Waals surface area contributed by atoms with Crippen molar-refractivity contribution in [3.8, 4) is 6.07 Å².